The molecule has 1 aliphatic carbocycles. The number of ether oxygens (including phenoxy) is 1. The number of nitrogens with one attached hydrogen (secondary N) is 1. The van der Waals surface area contributed by atoms with Crippen LogP contribution in [0, 0.1) is 0 Å². The molecule has 0 unspecified atom stereocenters. The molecule has 0 spiro atoms. The van der Waals surface area contributed by atoms with Crippen LogP contribution in [0.5, 0.6) is 0 Å². The number of carboxylic acids is 1. The zero-order chi connectivity index (χ0) is 26.4. The molecule has 1 aliphatic heterocycles. The Morgan fingerprint density at radius 3 is 2.35 bits per heavy atom. The Morgan fingerprint density at radius 1 is 1.05 bits per heavy atom. The van der Waals surface area contributed by atoms with Crippen molar-refractivity contribution in [2.45, 2.75) is 44.0 Å². The molecule has 2 aliphatic rings. The van der Waals surface area contributed by atoms with E-state index in [1.165, 1.54) is 18.3 Å². The lowest BCUT2D eigenvalue weighted by Crippen LogP contribution is -2.51. The van der Waals surface area contributed by atoms with E-state index in [0.29, 0.717) is 43.4 Å². The SMILES string of the molecule is O=C(O)CO[C@H]1CC[C@H](NC(=O)CN2CCN(c3nncc(-c4ccc(C(F)(F)F)cc4)n3)CC2)CC1. The van der Waals surface area contributed by atoms with E-state index in [1.807, 2.05) is 9.80 Å². The van der Waals surface area contributed by atoms with E-state index in [9.17, 15) is 22.8 Å². The van der Waals surface area contributed by atoms with Gasteiger partial charge < -0.3 is 20.1 Å². The third-order valence-corrected chi connectivity index (χ3v) is 6.56. The Kier molecular flexibility index (Phi) is 8.54. The first kappa shape index (κ1) is 26.7. The van der Waals surface area contributed by atoms with Crippen LogP contribution in [0.15, 0.2) is 30.5 Å². The number of halogens is 3. The summed E-state index contributed by atoms with van der Waals surface area (Å²) in [6.07, 6.45) is -0.119. The summed E-state index contributed by atoms with van der Waals surface area (Å²) in [6, 6.07) is 4.82. The topological polar surface area (TPSA) is 121 Å². The second kappa shape index (κ2) is 11.8. The van der Waals surface area contributed by atoms with E-state index in [4.69, 9.17) is 9.84 Å². The van der Waals surface area contributed by atoms with Crippen molar-refractivity contribution in [3.05, 3.63) is 36.0 Å². The van der Waals surface area contributed by atoms with Gasteiger partial charge in [-0.05, 0) is 37.8 Å². The third kappa shape index (κ3) is 7.59. The average Bonchev–Trinajstić information content (AvgIpc) is 2.88. The van der Waals surface area contributed by atoms with Crippen LogP contribution in [0.1, 0.15) is 31.2 Å². The van der Waals surface area contributed by atoms with Crippen molar-refractivity contribution < 1.29 is 32.6 Å². The lowest BCUT2D eigenvalue weighted by atomic mass is 9.93. The van der Waals surface area contributed by atoms with Gasteiger partial charge in [0.2, 0.25) is 11.9 Å². The number of carbonyl (C=O) groups is 2. The van der Waals surface area contributed by atoms with Crippen LogP contribution in [0.3, 0.4) is 0 Å². The van der Waals surface area contributed by atoms with Gasteiger partial charge in [0, 0.05) is 37.8 Å². The second-order valence-corrected chi connectivity index (χ2v) is 9.23. The molecule has 13 heteroatoms. The van der Waals surface area contributed by atoms with Crippen molar-refractivity contribution in [2.75, 3.05) is 44.2 Å². The molecule has 2 fully saturated rings. The first-order valence-corrected chi connectivity index (χ1v) is 12.1. The number of piperazine rings is 1. The first-order chi connectivity index (χ1) is 17.7. The van der Waals surface area contributed by atoms with Gasteiger partial charge in [0.15, 0.2) is 0 Å². The molecule has 37 heavy (non-hydrogen) atoms. The number of carbonyl (C=O) groups excluding carboxylic acids is 1. The summed E-state index contributed by atoms with van der Waals surface area (Å²) in [5.74, 6) is -0.640. The summed E-state index contributed by atoms with van der Waals surface area (Å²) in [4.78, 5) is 31.6. The standard InChI is InChI=1S/C24H29F3N6O4/c25-24(26,27)17-3-1-16(2-4-17)20-13-28-31-23(30-20)33-11-9-32(10-12-33)14-21(34)29-18-5-7-19(8-6-18)37-15-22(35)36/h1-4,13,18-19H,5-12,14-15H2,(H,29,34)(H,35,36)/t18-,19-. The van der Waals surface area contributed by atoms with Crippen molar-refractivity contribution >= 4 is 17.8 Å². The third-order valence-electron chi connectivity index (χ3n) is 6.56. The molecule has 200 valence electrons. The second-order valence-electron chi connectivity index (χ2n) is 9.23. The number of amides is 1. The Morgan fingerprint density at radius 2 is 1.73 bits per heavy atom. The number of alkyl halides is 3. The minimum Gasteiger partial charge on any atom is -0.480 e. The highest BCUT2D eigenvalue weighted by atomic mass is 19.4. The highest BCUT2D eigenvalue weighted by Crippen LogP contribution is 2.30. The predicted octanol–water partition coefficient (Wildman–Crippen LogP) is 2.21. The molecule has 1 aromatic carbocycles. The normalized spacial score (nSPS) is 21.0. The predicted molar refractivity (Wildman–Crippen MR) is 127 cm³/mol. The van der Waals surface area contributed by atoms with Gasteiger partial charge in [-0.3, -0.25) is 9.69 Å². The summed E-state index contributed by atoms with van der Waals surface area (Å²) >= 11 is 0. The van der Waals surface area contributed by atoms with E-state index in [2.05, 4.69) is 20.5 Å². The lowest BCUT2D eigenvalue weighted by Gasteiger charge is -2.34. The number of benzene rings is 1. The maximum absolute atomic E-state index is 12.8. The van der Waals surface area contributed by atoms with E-state index in [0.717, 1.165) is 37.8 Å². The molecule has 0 radical (unpaired) electrons. The molecule has 1 aromatic heterocycles. The van der Waals surface area contributed by atoms with Gasteiger partial charge in [-0.15, -0.1) is 5.10 Å². The zero-order valence-corrected chi connectivity index (χ0v) is 20.2. The van der Waals surface area contributed by atoms with E-state index in [1.54, 1.807) is 0 Å². The first-order valence-electron chi connectivity index (χ1n) is 12.1. The van der Waals surface area contributed by atoms with Crippen molar-refractivity contribution in [1.29, 1.82) is 0 Å². The largest absolute Gasteiger partial charge is 0.480 e. The molecule has 0 atom stereocenters. The van der Waals surface area contributed by atoms with Gasteiger partial charge >= 0.3 is 12.1 Å². The fourth-order valence-electron chi connectivity index (χ4n) is 4.54. The zero-order valence-electron chi connectivity index (χ0n) is 20.2. The maximum Gasteiger partial charge on any atom is 0.416 e. The minimum absolute atomic E-state index is 0.0504. The van der Waals surface area contributed by atoms with Crippen LogP contribution in [-0.4, -0.2) is 88.5 Å². The number of hydrogen-bond donors (Lipinski definition) is 2. The molecule has 2 aromatic rings. The van der Waals surface area contributed by atoms with Crippen LogP contribution >= 0.6 is 0 Å². The average molecular weight is 523 g/mol. The van der Waals surface area contributed by atoms with Gasteiger partial charge in [0.05, 0.1) is 30.1 Å². The molecular weight excluding hydrogens is 493 g/mol. The Labute approximate surface area is 211 Å². The van der Waals surface area contributed by atoms with Gasteiger partial charge in [-0.1, -0.05) is 12.1 Å². The van der Waals surface area contributed by atoms with Crippen LogP contribution < -0.4 is 10.2 Å². The molecular formula is C24H29F3N6O4. The molecule has 1 saturated carbocycles. The highest BCUT2D eigenvalue weighted by Gasteiger charge is 2.30. The molecule has 10 nitrogen and oxygen atoms in total. The number of carboxylic acid groups (broad SMARTS) is 1. The van der Waals surface area contributed by atoms with E-state index >= 15 is 0 Å². The highest BCUT2D eigenvalue weighted by molar-refractivity contribution is 5.78. The van der Waals surface area contributed by atoms with Crippen molar-refractivity contribution in [2.24, 2.45) is 0 Å². The summed E-state index contributed by atoms with van der Waals surface area (Å²) in [5, 5.41) is 19.8. The summed E-state index contributed by atoms with van der Waals surface area (Å²) < 4.78 is 43.8. The van der Waals surface area contributed by atoms with Crippen molar-refractivity contribution in [3.63, 3.8) is 0 Å². The smallest absolute Gasteiger partial charge is 0.416 e. The quantitative estimate of drug-likeness (QED) is 0.538. The van der Waals surface area contributed by atoms with Gasteiger partial charge in [-0.2, -0.15) is 18.3 Å². The monoisotopic (exact) mass is 522 g/mol. The summed E-state index contributed by atoms with van der Waals surface area (Å²) in [5.41, 5.74) is 0.224. The number of rotatable bonds is 8. The number of hydrogen-bond acceptors (Lipinski definition) is 8. The molecule has 1 saturated heterocycles. The molecule has 1 amide bonds. The Bertz CT molecular complexity index is 1070. The maximum atomic E-state index is 12.8. The lowest BCUT2D eigenvalue weighted by molar-refractivity contribution is -0.145. The fourth-order valence-corrected chi connectivity index (χ4v) is 4.54. The number of nitrogens with zero attached hydrogens (tertiary/aromatic N) is 5. The summed E-state index contributed by atoms with van der Waals surface area (Å²) in [6.45, 7) is 2.38. The molecule has 2 N–H and O–H groups in total. The van der Waals surface area contributed by atoms with Gasteiger partial charge in [0.1, 0.15) is 6.61 Å². The van der Waals surface area contributed by atoms with Crippen LogP contribution in [0.4, 0.5) is 19.1 Å². The van der Waals surface area contributed by atoms with E-state index in [-0.39, 0.29) is 31.2 Å². The van der Waals surface area contributed by atoms with Crippen LogP contribution in [0.2, 0.25) is 0 Å². The fraction of sp³-hybridized carbons (Fsp3) is 0.542. The number of aromatic nitrogens is 3. The summed E-state index contributed by atoms with van der Waals surface area (Å²) in [7, 11) is 0. The number of anilines is 1. The van der Waals surface area contributed by atoms with E-state index < -0.39 is 17.7 Å². The van der Waals surface area contributed by atoms with Gasteiger partial charge in [0.25, 0.3) is 0 Å². The number of aliphatic carboxylic acids is 1. The van der Waals surface area contributed by atoms with Gasteiger partial charge in [-0.25, -0.2) is 9.78 Å². The Balaban J connectivity index is 1.22. The molecule has 0 bridgehead atoms. The molecule has 4 rings (SSSR count). The van der Waals surface area contributed by atoms with Crippen molar-refractivity contribution in [1.82, 2.24) is 25.4 Å². The Hall–Kier alpha value is -3.32. The van der Waals surface area contributed by atoms with Crippen LogP contribution in [-0.2, 0) is 20.5 Å². The van der Waals surface area contributed by atoms with Crippen molar-refractivity contribution in [3.8, 4) is 11.3 Å². The van der Waals surface area contributed by atoms with Crippen LogP contribution in [0.25, 0.3) is 11.3 Å². The minimum atomic E-state index is -4.40. The molecule has 2 heterocycles.